The van der Waals surface area contributed by atoms with Gasteiger partial charge < -0.3 is 29.7 Å². The largest absolute Gasteiger partial charge is 0.358 e. The van der Waals surface area contributed by atoms with Crippen molar-refractivity contribution < 1.29 is 38.1 Å². The van der Waals surface area contributed by atoms with Crippen molar-refractivity contribution in [3.8, 4) is 0 Å². The van der Waals surface area contributed by atoms with E-state index in [2.05, 4.69) is 121 Å². The fraction of sp³-hybridized carbons (Fsp3) is 0.250. The molecule has 0 N–H and O–H groups in total. The van der Waals surface area contributed by atoms with Gasteiger partial charge in [0.05, 0.1) is 0 Å². The summed E-state index contributed by atoms with van der Waals surface area (Å²) in [7, 11) is 1.83. The van der Waals surface area contributed by atoms with Crippen molar-refractivity contribution in [3.63, 3.8) is 0 Å². The molecule has 4 unspecified atom stereocenters. The van der Waals surface area contributed by atoms with Crippen LogP contribution in [0.2, 0.25) is 0 Å². The molecule has 4 aromatic rings. The van der Waals surface area contributed by atoms with Crippen molar-refractivity contribution in [1.82, 2.24) is 0 Å². The van der Waals surface area contributed by atoms with E-state index in [9.17, 15) is 0 Å². The average molecular weight is 730 g/mol. The molecule has 2 bridgehead atoms. The van der Waals surface area contributed by atoms with E-state index in [0.29, 0.717) is 16.9 Å². The molecule has 0 amide bonds. The zero-order valence-electron chi connectivity index (χ0n) is 27.8. The number of benzene rings is 4. The van der Waals surface area contributed by atoms with Crippen LogP contribution in [-0.4, -0.2) is 12.3 Å². The second kappa shape index (κ2) is 21.4. The molecule has 2 aliphatic carbocycles. The van der Waals surface area contributed by atoms with Crippen molar-refractivity contribution >= 4 is 28.0 Å². The maximum Gasteiger partial charge on any atom is 0.198 e. The Morgan fingerprint density at radius 2 is 1.04 bits per heavy atom. The summed E-state index contributed by atoms with van der Waals surface area (Å²) in [5.74, 6) is 0.813. The van der Waals surface area contributed by atoms with Gasteiger partial charge >= 0.3 is 0 Å². The van der Waals surface area contributed by atoms with Crippen molar-refractivity contribution in [2.45, 2.75) is 39.2 Å². The summed E-state index contributed by atoms with van der Waals surface area (Å²) in [6.07, 6.45) is 9.70. The fourth-order valence-corrected chi connectivity index (χ4v) is 9.79. The molecule has 2 saturated carbocycles. The van der Waals surface area contributed by atoms with Crippen LogP contribution >= 0.6 is 17.4 Å². The van der Waals surface area contributed by atoms with Gasteiger partial charge in [-0.3, -0.25) is 0 Å². The Balaban J connectivity index is 0. The van der Waals surface area contributed by atoms with Crippen LogP contribution in [0.4, 0.5) is 0 Å². The maximum absolute atomic E-state index is 7.04. The molecule has 2 fully saturated rings. The molecule has 1 nitrogen and oxygen atoms in total. The van der Waals surface area contributed by atoms with Crippen molar-refractivity contribution in [2.24, 2.45) is 16.7 Å². The van der Waals surface area contributed by atoms with Crippen molar-refractivity contribution in [3.05, 3.63) is 175 Å². The molecule has 0 spiro atoms. The molecule has 0 heterocycles. The molecular formula is C40H53Co2OP2-5. The van der Waals surface area contributed by atoms with Crippen LogP contribution in [0, 0.1) is 59.3 Å². The topological polar surface area (TPSA) is 9.23 Å². The summed E-state index contributed by atoms with van der Waals surface area (Å²) in [4.78, 5) is 0. The minimum absolute atomic E-state index is 0. The Bertz CT molecular complexity index is 1210. The molecule has 4 aromatic carbocycles. The van der Waals surface area contributed by atoms with Crippen LogP contribution in [0.3, 0.4) is 0 Å². The number of hydrogen-bond donors (Lipinski definition) is 0. The van der Waals surface area contributed by atoms with Gasteiger partial charge in [-0.15, -0.1) is 33.5 Å². The second-order valence-electron chi connectivity index (χ2n) is 11.4. The molecule has 45 heavy (non-hydrogen) atoms. The van der Waals surface area contributed by atoms with Gasteiger partial charge in [0.25, 0.3) is 0 Å². The standard InChI is InChI=1S/C22H28OP2.C14H12.4CH3.2Co/c1-21(2)17-13-14-22(21,16-24)20(15-17)23-25(18-9-5-3-6-10-18)19-11-7-4-8-12-19;1-3-7-13(8-4-1)11-12-14-9-5-2-6-10-14;;;;;;/h3-12,17,20H,13-16,24H2,1-2H3;1-12H;4*1H3;;/q;-2;4*-1;;/p+1. The summed E-state index contributed by atoms with van der Waals surface area (Å²) >= 11 is 0. The van der Waals surface area contributed by atoms with E-state index in [1.807, 2.05) is 36.4 Å². The molecule has 6 rings (SSSR count). The first-order chi connectivity index (χ1) is 19.0. The van der Waals surface area contributed by atoms with E-state index < -0.39 is 8.15 Å². The Morgan fingerprint density at radius 1 is 0.667 bits per heavy atom. The van der Waals surface area contributed by atoms with Gasteiger partial charge in [0.1, 0.15) is 16.7 Å². The molecule has 0 saturated heterocycles. The quantitative estimate of drug-likeness (QED) is 0.130. The van der Waals surface area contributed by atoms with Gasteiger partial charge in [-0.2, -0.15) is 24.3 Å². The first-order valence-corrected chi connectivity index (χ1v) is 16.4. The smallest absolute Gasteiger partial charge is 0.198 e. The molecule has 2 radical (unpaired) electrons. The van der Waals surface area contributed by atoms with Gasteiger partial charge in [-0.25, -0.2) is 28.5 Å². The fourth-order valence-electron chi connectivity index (χ4n) is 6.60. The summed E-state index contributed by atoms with van der Waals surface area (Å²) in [6, 6.07) is 42.4. The molecular weight excluding hydrogens is 676 g/mol. The van der Waals surface area contributed by atoms with E-state index in [1.54, 1.807) is 0 Å². The summed E-state index contributed by atoms with van der Waals surface area (Å²) in [6.45, 7) is 4.96. The van der Waals surface area contributed by atoms with Crippen LogP contribution in [0.5, 0.6) is 0 Å². The normalized spacial score (nSPS) is 19.6. The summed E-state index contributed by atoms with van der Waals surface area (Å²) in [5.41, 5.74) is 3.18. The van der Waals surface area contributed by atoms with Gasteiger partial charge in [0.2, 0.25) is 0 Å². The van der Waals surface area contributed by atoms with Crippen molar-refractivity contribution in [1.29, 1.82) is 0 Å². The third-order valence-electron chi connectivity index (χ3n) is 9.12. The van der Waals surface area contributed by atoms with Gasteiger partial charge in [0, 0.05) is 39.0 Å². The molecule has 2 aliphatic rings. The first kappa shape index (κ1) is 45.6. The number of fused-ring (bicyclic) bond motifs is 2. The van der Waals surface area contributed by atoms with Crippen LogP contribution < -0.4 is 10.6 Å². The Hall–Kier alpha value is -1.55. The maximum atomic E-state index is 7.04. The monoisotopic (exact) mass is 729 g/mol. The SMILES string of the molecule is CC1(C)C2CCC1(CP)C(O[PH+](c1ccccc1)c1ccccc1)C2.[CH3-].[CH3-].[CH3-].[CH3-].[Co].[Co].c1ccc([CH-][CH-]c2ccccc2)cc1. The Kier molecular flexibility index (Phi) is 21.6. The first-order valence-electron chi connectivity index (χ1n) is 14.2. The summed E-state index contributed by atoms with van der Waals surface area (Å²) in [5, 5.41) is 2.72. The number of hydrogen-bond acceptors (Lipinski definition) is 1. The van der Waals surface area contributed by atoms with E-state index in [0.717, 1.165) is 12.1 Å². The number of rotatable bonds is 8. The summed E-state index contributed by atoms with van der Waals surface area (Å²) < 4.78 is 7.04. The molecule has 5 heteroatoms. The van der Waals surface area contributed by atoms with Crippen LogP contribution in [0.1, 0.15) is 44.2 Å². The molecule has 252 valence electrons. The Labute approximate surface area is 301 Å². The average Bonchev–Trinajstić information content (AvgIpc) is 3.38. The van der Waals surface area contributed by atoms with Crippen LogP contribution in [0.15, 0.2) is 121 Å². The van der Waals surface area contributed by atoms with E-state index in [4.69, 9.17) is 4.52 Å². The predicted molar refractivity (Wildman–Crippen MR) is 199 cm³/mol. The molecule has 0 aliphatic heterocycles. The molecule has 0 aromatic heterocycles. The van der Waals surface area contributed by atoms with Gasteiger partial charge in [0.15, 0.2) is 8.15 Å². The van der Waals surface area contributed by atoms with Crippen LogP contribution in [0.25, 0.3) is 0 Å². The van der Waals surface area contributed by atoms with Crippen LogP contribution in [-0.2, 0) is 38.1 Å². The zero-order chi connectivity index (χ0) is 27.1. The third kappa shape index (κ3) is 10.5. The van der Waals surface area contributed by atoms with Gasteiger partial charge in [-0.05, 0) is 61.0 Å². The van der Waals surface area contributed by atoms with E-state index >= 15 is 0 Å². The predicted octanol–water partition coefficient (Wildman–Crippen LogP) is 10.1. The Morgan fingerprint density at radius 3 is 1.40 bits per heavy atom. The van der Waals surface area contributed by atoms with Gasteiger partial charge in [-0.1, -0.05) is 62.4 Å². The minimum atomic E-state index is -1.21. The zero-order valence-corrected chi connectivity index (χ0v) is 32.1. The molecule has 4 atom stereocenters. The minimum Gasteiger partial charge on any atom is -0.358 e. The second-order valence-corrected chi connectivity index (χ2v) is 13.8. The van der Waals surface area contributed by atoms with E-state index in [1.165, 1.54) is 41.0 Å². The third-order valence-corrected chi connectivity index (χ3v) is 12.1. The van der Waals surface area contributed by atoms with Crippen molar-refractivity contribution in [2.75, 3.05) is 6.16 Å². The van der Waals surface area contributed by atoms with E-state index in [-0.39, 0.29) is 63.3 Å².